The van der Waals surface area contributed by atoms with Crippen LogP contribution < -0.4 is 0 Å². The summed E-state index contributed by atoms with van der Waals surface area (Å²) in [6.07, 6.45) is 1.01. The Kier molecular flexibility index (Phi) is 10.3. The third-order valence-electron chi connectivity index (χ3n) is 0.986. The van der Waals surface area contributed by atoms with Crippen molar-refractivity contribution in [3.63, 3.8) is 0 Å². The van der Waals surface area contributed by atoms with Crippen LogP contribution in [0.1, 0.15) is 26.7 Å². The Morgan fingerprint density at radius 1 is 1.55 bits per heavy atom. The largest absolute Gasteiger partial charge is 0.481 e. The summed E-state index contributed by atoms with van der Waals surface area (Å²) in [4.78, 5) is 9.99. The average molecular weight is 194 g/mol. The minimum Gasteiger partial charge on any atom is -0.481 e. The Balaban J connectivity index is 0. The van der Waals surface area contributed by atoms with Gasteiger partial charge in [0.25, 0.3) is 0 Å². The van der Waals surface area contributed by atoms with Crippen LogP contribution in [-0.2, 0) is 31.2 Å². The number of aliphatic carboxylic acids is 1. The van der Waals surface area contributed by atoms with E-state index in [0.29, 0.717) is 13.0 Å². The van der Waals surface area contributed by atoms with Crippen LogP contribution in [0.2, 0.25) is 0 Å². The molecule has 0 radical (unpaired) electrons. The van der Waals surface area contributed by atoms with Gasteiger partial charge in [0.15, 0.2) is 0 Å². The predicted octanol–water partition coefficient (Wildman–Crippen LogP) is 1.27. The third kappa shape index (κ3) is 13.2. The summed E-state index contributed by atoms with van der Waals surface area (Å²) in [6.45, 7) is 4.41. The molecule has 0 saturated heterocycles. The topological polar surface area (TPSA) is 46.5 Å². The van der Waals surface area contributed by atoms with Crippen molar-refractivity contribution >= 4 is 5.97 Å². The van der Waals surface area contributed by atoms with E-state index >= 15 is 0 Å². The van der Waals surface area contributed by atoms with Crippen molar-refractivity contribution < 1.29 is 36.4 Å². The summed E-state index contributed by atoms with van der Waals surface area (Å²) < 4.78 is 5.13. The van der Waals surface area contributed by atoms with E-state index in [1.807, 2.05) is 13.8 Å². The zero-order valence-corrected chi connectivity index (χ0v) is 8.52. The number of carboxylic acids is 1. The van der Waals surface area contributed by atoms with Gasteiger partial charge in [0.2, 0.25) is 0 Å². The molecule has 0 bridgehead atoms. The molecule has 0 aromatic carbocycles. The minimum absolute atomic E-state index is 0. The fraction of sp³-hybridized carbons (Fsp3) is 0.857. The SMILES string of the molecule is CC(C)OCCCC(=O)O.[Ti]. The van der Waals surface area contributed by atoms with Gasteiger partial charge >= 0.3 is 5.97 Å². The molecule has 0 atom stereocenters. The second kappa shape index (κ2) is 8.24. The van der Waals surface area contributed by atoms with Crippen molar-refractivity contribution in [3.8, 4) is 0 Å². The van der Waals surface area contributed by atoms with Crippen molar-refractivity contribution in [1.29, 1.82) is 0 Å². The van der Waals surface area contributed by atoms with E-state index in [9.17, 15) is 4.79 Å². The summed E-state index contributed by atoms with van der Waals surface area (Å²) in [5.74, 6) is -0.757. The molecular formula is C7H14O3Ti. The Hall–Kier alpha value is 0.144. The van der Waals surface area contributed by atoms with Crippen molar-refractivity contribution in [2.24, 2.45) is 0 Å². The molecule has 64 valence electrons. The first-order valence-electron chi connectivity index (χ1n) is 3.46. The molecule has 3 nitrogen and oxygen atoms in total. The molecule has 1 N–H and O–H groups in total. The maximum atomic E-state index is 9.99. The smallest absolute Gasteiger partial charge is 0.303 e. The van der Waals surface area contributed by atoms with Gasteiger partial charge in [0.1, 0.15) is 0 Å². The molecule has 0 spiro atoms. The molecule has 0 aromatic rings. The van der Waals surface area contributed by atoms with Gasteiger partial charge in [-0.2, -0.15) is 0 Å². The van der Waals surface area contributed by atoms with Gasteiger partial charge in [0, 0.05) is 34.7 Å². The molecule has 0 amide bonds. The molecule has 0 aliphatic rings. The van der Waals surface area contributed by atoms with Crippen molar-refractivity contribution in [1.82, 2.24) is 0 Å². The van der Waals surface area contributed by atoms with Gasteiger partial charge in [-0.25, -0.2) is 0 Å². The maximum Gasteiger partial charge on any atom is 0.303 e. The minimum atomic E-state index is -0.757. The van der Waals surface area contributed by atoms with Crippen LogP contribution in [0.5, 0.6) is 0 Å². The quantitative estimate of drug-likeness (QED) is 0.529. The fourth-order valence-electron chi connectivity index (χ4n) is 0.542. The first-order valence-corrected chi connectivity index (χ1v) is 3.46. The summed E-state index contributed by atoms with van der Waals surface area (Å²) >= 11 is 0. The van der Waals surface area contributed by atoms with E-state index in [2.05, 4.69) is 0 Å². The van der Waals surface area contributed by atoms with Crippen LogP contribution in [0.25, 0.3) is 0 Å². The van der Waals surface area contributed by atoms with Crippen molar-refractivity contribution in [2.75, 3.05) is 6.61 Å². The molecule has 0 aliphatic heterocycles. The van der Waals surface area contributed by atoms with Crippen LogP contribution in [0, 0.1) is 0 Å². The summed E-state index contributed by atoms with van der Waals surface area (Å²) in [5.41, 5.74) is 0. The van der Waals surface area contributed by atoms with Gasteiger partial charge < -0.3 is 9.84 Å². The van der Waals surface area contributed by atoms with Crippen LogP contribution >= 0.6 is 0 Å². The Morgan fingerprint density at radius 3 is 2.45 bits per heavy atom. The third-order valence-corrected chi connectivity index (χ3v) is 0.986. The van der Waals surface area contributed by atoms with Crippen LogP contribution in [-0.4, -0.2) is 23.8 Å². The number of hydrogen-bond acceptors (Lipinski definition) is 2. The second-order valence-electron chi connectivity index (χ2n) is 2.42. The number of rotatable bonds is 5. The van der Waals surface area contributed by atoms with Gasteiger partial charge in [-0.3, -0.25) is 4.79 Å². The Labute approximate surface area is 82.0 Å². The van der Waals surface area contributed by atoms with E-state index in [0.717, 1.165) is 0 Å². The molecular weight excluding hydrogens is 180 g/mol. The monoisotopic (exact) mass is 194 g/mol. The van der Waals surface area contributed by atoms with Crippen LogP contribution in [0.15, 0.2) is 0 Å². The molecule has 0 rings (SSSR count). The molecule has 0 aliphatic carbocycles. The average Bonchev–Trinajstić information content (AvgIpc) is 1.79. The molecule has 11 heavy (non-hydrogen) atoms. The number of carbonyl (C=O) groups is 1. The standard InChI is InChI=1S/C7H14O3.Ti/c1-6(2)10-5-3-4-7(8)9;/h6H,3-5H2,1-2H3,(H,8,9);. The van der Waals surface area contributed by atoms with Gasteiger partial charge in [-0.15, -0.1) is 0 Å². The van der Waals surface area contributed by atoms with Crippen molar-refractivity contribution in [3.05, 3.63) is 0 Å². The second-order valence-corrected chi connectivity index (χ2v) is 2.42. The first-order chi connectivity index (χ1) is 4.63. The van der Waals surface area contributed by atoms with Crippen LogP contribution in [0.4, 0.5) is 0 Å². The number of carboxylic acid groups (broad SMARTS) is 1. The van der Waals surface area contributed by atoms with Gasteiger partial charge in [0.05, 0.1) is 6.10 Å². The maximum absolute atomic E-state index is 9.99. The first kappa shape index (κ1) is 13.7. The predicted molar refractivity (Wildman–Crippen MR) is 38.0 cm³/mol. The van der Waals surface area contributed by atoms with Gasteiger partial charge in [-0.1, -0.05) is 0 Å². The molecule has 0 unspecified atom stereocenters. The Bertz CT molecular complexity index is 104. The summed E-state index contributed by atoms with van der Waals surface area (Å²) in [7, 11) is 0. The van der Waals surface area contributed by atoms with Gasteiger partial charge in [-0.05, 0) is 20.3 Å². The molecule has 0 heterocycles. The van der Waals surface area contributed by atoms with E-state index in [-0.39, 0.29) is 34.2 Å². The fourth-order valence-corrected chi connectivity index (χ4v) is 0.542. The number of ether oxygens (including phenoxy) is 1. The van der Waals surface area contributed by atoms with E-state index in [1.165, 1.54) is 0 Å². The number of hydrogen-bond donors (Lipinski definition) is 1. The zero-order chi connectivity index (χ0) is 7.98. The van der Waals surface area contributed by atoms with Crippen LogP contribution in [0.3, 0.4) is 0 Å². The molecule has 0 saturated carbocycles. The van der Waals surface area contributed by atoms with E-state index in [4.69, 9.17) is 9.84 Å². The molecule has 0 fully saturated rings. The van der Waals surface area contributed by atoms with Crippen molar-refractivity contribution in [2.45, 2.75) is 32.8 Å². The molecule has 0 aromatic heterocycles. The molecule has 4 heteroatoms. The normalized spacial score (nSPS) is 9.36. The van der Waals surface area contributed by atoms with E-state index in [1.54, 1.807) is 0 Å². The summed E-state index contributed by atoms with van der Waals surface area (Å²) in [5, 5.41) is 8.22. The zero-order valence-electron chi connectivity index (χ0n) is 6.96. The van der Waals surface area contributed by atoms with E-state index < -0.39 is 5.97 Å². The summed E-state index contributed by atoms with van der Waals surface area (Å²) in [6, 6.07) is 0. The Morgan fingerprint density at radius 2 is 2.09 bits per heavy atom.